The normalized spacial score (nSPS) is 13.3. The van der Waals surface area contributed by atoms with Gasteiger partial charge < -0.3 is 26.0 Å². The van der Waals surface area contributed by atoms with Crippen molar-refractivity contribution in [2.75, 3.05) is 7.05 Å². The molecule has 2 atom stereocenters. The van der Waals surface area contributed by atoms with Crippen LogP contribution in [0, 0.1) is 0 Å². The molecule has 4 N–H and O–H groups in total. The summed E-state index contributed by atoms with van der Waals surface area (Å²) in [7, 11) is 1.60. The summed E-state index contributed by atoms with van der Waals surface area (Å²) in [6, 6.07) is -1.45. The third-order valence-electron chi connectivity index (χ3n) is 2.90. The van der Waals surface area contributed by atoms with Crippen LogP contribution in [0.3, 0.4) is 0 Å². The second-order valence-corrected chi connectivity index (χ2v) is 4.79. The smallest absolute Gasteiger partial charge is 0.240 e. The molecule has 0 aromatic rings. The van der Waals surface area contributed by atoms with Crippen LogP contribution < -0.4 is 16.4 Å². The van der Waals surface area contributed by atoms with Crippen molar-refractivity contribution in [3.05, 3.63) is 0 Å². The second-order valence-electron chi connectivity index (χ2n) is 4.79. The van der Waals surface area contributed by atoms with Crippen molar-refractivity contribution in [1.82, 2.24) is 10.6 Å². The van der Waals surface area contributed by atoms with Gasteiger partial charge in [-0.25, -0.2) is 0 Å². The molecule has 2 unspecified atom stereocenters. The summed E-state index contributed by atoms with van der Waals surface area (Å²) in [5.41, 5.74) is 5.20. The van der Waals surface area contributed by atoms with E-state index in [2.05, 4.69) is 10.6 Å². The fraction of sp³-hybridized carbons (Fsp3) is 0.692. The van der Waals surface area contributed by atoms with Crippen LogP contribution in [0.4, 0.5) is 0 Å². The Bertz CT molecular complexity index is 382. The van der Waals surface area contributed by atoms with Crippen LogP contribution in [0.1, 0.15) is 39.5 Å². The van der Waals surface area contributed by atoms with Gasteiger partial charge in [-0.1, -0.05) is 0 Å². The van der Waals surface area contributed by atoms with Crippen molar-refractivity contribution in [3.63, 3.8) is 0 Å². The maximum absolute atomic E-state index is 12.0. The molecule has 0 heterocycles. The topological polar surface area (TPSA) is 118 Å². The standard InChI is InChI=1S/C13H23N3O4/c1-8(17)4-6-10(12(14)19)16-13(20)11(15-3)7-5-9(2)18/h10-11,15H,4-7H2,1-3H3,(H2,14,19)(H,16,20). The predicted octanol–water partition coefficient (Wildman–Crippen LogP) is -0.717. The van der Waals surface area contributed by atoms with Crippen molar-refractivity contribution in [3.8, 4) is 0 Å². The Kier molecular flexibility index (Phi) is 8.38. The number of hydrogen-bond donors (Lipinski definition) is 3. The van der Waals surface area contributed by atoms with Gasteiger partial charge in [-0.05, 0) is 33.7 Å². The zero-order valence-corrected chi connectivity index (χ0v) is 12.2. The molecule has 0 saturated heterocycles. The van der Waals surface area contributed by atoms with Crippen molar-refractivity contribution < 1.29 is 19.2 Å². The molecule has 0 fully saturated rings. The van der Waals surface area contributed by atoms with E-state index in [0.29, 0.717) is 6.42 Å². The lowest BCUT2D eigenvalue weighted by Crippen LogP contribution is -2.51. The highest BCUT2D eigenvalue weighted by molar-refractivity contribution is 5.89. The summed E-state index contributed by atoms with van der Waals surface area (Å²) in [4.78, 5) is 45.0. The van der Waals surface area contributed by atoms with Gasteiger partial charge in [-0.3, -0.25) is 9.59 Å². The van der Waals surface area contributed by atoms with E-state index in [1.54, 1.807) is 7.05 Å². The number of rotatable bonds is 10. The zero-order valence-electron chi connectivity index (χ0n) is 12.2. The Labute approximate surface area is 118 Å². The molecule has 0 saturated carbocycles. The van der Waals surface area contributed by atoms with E-state index < -0.39 is 23.9 Å². The monoisotopic (exact) mass is 285 g/mol. The van der Waals surface area contributed by atoms with Gasteiger partial charge in [0.2, 0.25) is 11.8 Å². The minimum Gasteiger partial charge on any atom is -0.368 e. The minimum atomic E-state index is -0.875. The van der Waals surface area contributed by atoms with E-state index in [4.69, 9.17) is 5.73 Å². The van der Waals surface area contributed by atoms with Gasteiger partial charge >= 0.3 is 0 Å². The number of Topliss-reactive ketones (excluding diaryl/α,β-unsaturated/α-hetero) is 2. The minimum absolute atomic E-state index is 0.0129. The number of nitrogens with two attached hydrogens (primary N) is 1. The first-order valence-electron chi connectivity index (χ1n) is 6.53. The quantitative estimate of drug-likeness (QED) is 0.489. The van der Waals surface area contributed by atoms with E-state index in [-0.39, 0.29) is 30.8 Å². The Morgan fingerprint density at radius 3 is 1.75 bits per heavy atom. The molecule has 0 radical (unpaired) electrons. The van der Waals surface area contributed by atoms with Crippen LogP contribution >= 0.6 is 0 Å². The van der Waals surface area contributed by atoms with Gasteiger partial charge in [0.05, 0.1) is 6.04 Å². The molecule has 0 spiro atoms. The highest BCUT2D eigenvalue weighted by Crippen LogP contribution is 2.02. The van der Waals surface area contributed by atoms with Crippen LogP contribution in [0.5, 0.6) is 0 Å². The maximum Gasteiger partial charge on any atom is 0.240 e. The summed E-state index contributed by atoms with van der Waals surface area (Å²) in [5.74, 6) is -1.17. The van der Waals surface area contributed by atoms with Gasteiger partial charge in [0.25, 0.3) is 0 Å². The molecule has 2 amide bonds. The lowest BCUT2D eigenvalue weighted by Gasteiger charge is -2.20. The lowest BCUT2D eigenvalue weighted by atomic mass is 10.1. The largest absolute Gasteiger partial charge is 0.368 e. The molecule has 0 aromatic carbocycles. The van der Waals surface area contributed by atoms with Gasteiger partial charge in [0.15, 0.2) is 0 Å². The molecule has 20 heavy (non-hydrogen) atoms. The average molecular weight is 285 g/mol. The van der Waals surface area contributed by atoms with Gasteiger partial charge in [0.1, 0.15) is 17.6 Å². The SMILES string of the molecule is CNC(CCC(C)=O)C(=O)NC(CCC(C)=O)C(N)=O. The fourth-order valence-electron chi connectivity index (χ4n) is 1.66. The molecule has 0 rings (SSSR count). The number of carbonyl (C=O) groups excluding carboxylic acids is 4. The van der Waals surface area contributed by atoms with E-state index >= 15 is 0 Å². The number of primary amides is 1. The molecular formula is C13H23N3O4. The number of hydrogen-bond acceptors (Lipinski definition) is 5. The molecule has 7 heteroatoms. The lowest BCUT2D eigenvalue weighted by molar-refractivity contribution is -0.129. The van der Waals surface area contributed by atoms with Crippen molar-refractivity contribution in [2.45, 2.75) is 51.6 Å². The number of ketones is 2. The Morgan fingerprint density at radius 1 is 0.950 bits per heavy atom. The highest BCUT2D eigenvalue weighted by atomic mass is 16.2. The molecule has 0 bridgehead atoms. The summed E-state index contributed by atoms with van der Waals surface area (Å²) >= 11 is 0. The Balaban J connectivity index is 4.51. The second kappa shape index (κ2) is 9.19. The predicted molar refractivity (Wildman–Crippen MR) is 73.8 cm³/mol. The third-order valence-corrected chi connectivity index (χ3v) is 2.90. The van der Waals surface area contributed by atoms with Crippen LogP contribution in [0.15, 0.2) is 0 Å². The number of likely N-dealkylation sites (N-methyl/N-ethyl adjacent to an activating group) is 1. The van der Waals surface area contributed by atoms with E-state index in [9.17, 15) is 19.2 Å². The van der Waals surface area contributed by atoms with Crippen LogP contribution in [-0.2, 0) is 19.2 Å². The zero-order chi connectivity index (χ0) is 15.7. The van der Waals surface area contributed by atoms with Crippen LogP contribution in [0.25, 0.3) is 0 Å². The maximum atomic E-state index is 12.0. The molecule has 114 valence electrons. The summed E-state index contributed by atoms with van der Waals surface area (Å²) in [6.07, 6.45) is 0.967. The number of carbonyl (C=O) groups is 4. The van der Waals surface area contributed by atoms with Crippen LogP contribution in [-0.4, -0.2) is 42.5 Å². The highest BCUT2D eigenvalue weighted by Gasteiger charge is 2.23. The number of nitrogens with one attached hydrogen (secondary N) is 2. The first-order valence-corrected chi connectivity index (χ1v) is 6.53. The van der Waals surface area contributed by atoms with Crippen molar-refractivity contribution >= 4 is 23.4 Å². The van der Waals surface area contributed by atoms with Crippen molar-refractivity contribution in [1.29, 1.82) is 0 Å². The van der Waals surface area contributed by atoms with E-state index in [1.165, 1.54) is 13.8 Å². The first kappa shape index (κ1) is 18.2. The summed E-state index contributed by atoms with van der Waals surface area (Å²) < 4.78 is 0. The molecule has 0 aliphatic carbocycles. The molecule has 0 aliphatic heterocycles. The summed E-state index contributed by atoms with van der Waals surface area (Å²) in [6.45, 7) is 2.85. The Hall–Kier alpha value is -1.76. The molecular weight excluding hydrogens is 262 g/mol. The molecule has 0 aromatic heterocycles. The third kappa shape index (κ3) is 7.63. The average Bonchev–Trinajstić information content (AvgIpc) is 2.34. The van der Waals surface area contributed by atoms with Crippen molar-refractivity contribution in [2.24, 2.45) is 5.73 Å². The Morgan fingerprint density at radius 2 is 1.40 bits per heavy atom. The van der Waals surface area contributed by atoms with E-state index in [0.717, 1.165) is 0 Å². The molecule has 7 nitrogen and oxygen atoms in total. The van der Waals surface area contributed by atoms with Gasteiger partial charge in [-0.2, -0.15) is 0 Å². The van der Waals surface area contributed by atoms with Gasteiger partial charge in [0, 0.05) is 12.8 Å². The van der Waals surface area contributed by atoms with Crippen LogP contribution in [0.2, 0.25) is 0 Å². The number of amides is 2. The van der Waals surface area contributed by atoms with Gasteiger partial charge in [-0.15, -0.1) is 0 Å². The first-order chi connectivity index (χ1) is 9.27. The molecule has 0 aliphatic rings. The van der Waals surface area contributed by atoms with E-state index in [1.807, 2.05) is 0 Å². The fourth-order valence-corrected chi connectivity index (χ4v) is 1.66. The summed E-state index contributed by atoms with van der Waals surface area (Å²) in [5, 5.41) is 5.29.